The van der Waals surface area contributed by atoms with Crippen molar-refractivity contribution < 1.29 is 19.4 Å². The summed E-state index contributed by atoms with van der Waals surface area (Å²) in [5.41, 5.74) is -0.00403. The predicted molar refractivity (Wildman–Crippen MR) is 69.4 cm³/mol. The fourth-order valence-corrected chi connectivity index (χ4v) is 3.55. The van der Waals surface area contributed by atoms with E-state index in [9.17, 15) is 9.90 Å². The highest BCUT2D eigenvalue weighted by atomic mass is 16.5. The van der Waals surface area contributed by atoms with Crippen LogP contribution in [-0.4, -0.2) is 31.4 Å². The van der Waals surface area contributed by atoms with Gasteiger partial charge in [-0.25, -0.2) is 0 Å². The minimum Gasteiger partial charge on any atom is -0.497 e. The number of hydrogen-bond acceptors (Lipinski definition) is 3. The molecule has 1 aromatic carbocycles. The van der Waals surface area contributed by atoms with Crippen LogP contribution in [0.2, 0.25) is 0 Å². The Hall–Kier alpha value is -1.55. The molecule has 19 heavy (non-hydrogen) atoms. The molecule has 4 nitrogen and oxygen atoms in total. The van der Waals surface area contributed by atoms with E-state index in [4.69, 9.17) is 9.47 Å². The van der Waals surface area contributed by atoms with E-state index in [1.54, 1.807) is 7.11 Å². The second-order valence-electron chi connectivity index (χ2n) is 5.51. The average molecular weight is 262 g/mol. The van der Waals surface area contributed by atoms with Gasteiger partial charge < -0.3 is 14.6 Å². The highest BCUT2D eigenvalue weighted by molar-refractivity contribution is 5.87. The summed E-state index contributed by atoms with van der Waals surface area (Å²) in [6, 6.07) is 7.47. The quantitative estimate of drug-likeness (QED) is 0.907. The number of hydrogen-bond donors (Lipinski definition) is 1. The number of carboxylic acid groups (broad SMARTS) is 1. The average Bonchev–Trinajstić information content (AvgIpc) is 3.09. The Bertz CT molecular complexity index is 505. The highest BCUT2D eigenvalue weighted by Gasteiger charge is 2.72. The Balaban J connectivity index is 2.01. The number of methoxy groups -OCH3 is 1. The number of ether oxygens (including phenoxy) is 2. The summed E-state index contributed by atoms with van der Waals surface area (Å²) in [5, 5.41) is 9.76. The van der Waals surface area contributed by atoms with Gasteiger partial charge in [-0.3, -0.25) is 4.79 Å². The Kier molecular flexibility index (Phi) is 2.78. The van der Waals surface area contributed by atoms with Crippen LogP contribution in [0, 0.1) is 5.41 Å². The Labute approximate surface area is 112 Å². The van der Waals surface area contributed by atoms with Crippen molar-refractivity contribution in [3.05, 3.63) is 29.8 Å². The van der Waals surface area contributed by atoms with Crippen LogP contribution in [0.15, 0.2) is 24.3 Å². The molecule has 0 amide bonds. The van der Waals surface area contributed by atoms with Crippen molar-refractivity contribution in [2.24, 2.45) is 5.41 Å². The first kappa shape index (κ1) is 12.5. The molecule has 1 heterocycles. The Morgan fingerprint density at radius 3 is 2.74 bits per heavy atom. The second kappa shape index (κ2) is 4.23. The van der Waals surface area contributed by atoms with Gasteiger partial charge in [0.1, 0.15) is 5.75 Å². The summed E-state index contributed by atoms with van der Waals surface area (Å²) in [5.74, 6) is -0.00473. The van der Waals surface area contributed by atoms with Crippen molar-refractivity contribution in [3.8, 4) is 5.75 Å². The van der Waals surface area contributed by atoms with Crippen LogP contribution in [0.25, 0.3) is 0 Å². The zero-order valence-corrected chi connectivity index (χ0v) is 11.0. The maximum atomic E-state index is 11.9. The third-order valence-corrected chi connectivity index (χ3v) is 4.76. The molecular formula is C15H18O4. The first-order valence-corrected chi connectivity index (χ1v) is 6.60. The summed E-state index contributed by atoms with van der Waals surface area (Å²) >= 11 is 0. The molecule has 1 saturated carbocycles. The normalized spacial score (nSPS) is 28.1. The smallest absolute Gasteiger partial charge is 0.314 e. The van der Waals surface area contributed by atoms with Crippen LogP contribution in [0.5, 0.6) is 5.75 Å². The SMILES string of the molecule is COc1cccc(C2(C(=O)O)CC23CCOCC3)c1. The first-order valence-electron chi connectivity index (χ1n) is 6.60. The van der Waals surface area contributed by atoms with Gasteiger partial charge in [-0.05, 0) is 42.4 Å². The van der Waals surface area contributed by atoms with E-state index in [0.29, 0.717) is 25.4 Å². The fraction of sp³-hybridized carbons (Fsp3) is 0.533. The molecule has 1 aliphatic carbocycles. The number of carbonyl (C=O) groups is 1. The summed E-state index contributed by atoms with van der Waals surface area (Å²) in [4.78, 5) is 11.9. The molecule has 1 atom stereocenters. The molecule has 1 aliphatic heterocycles. The molecule has 1 saturated heterocycles. The van der Waals surface area contributed by atoms with Crippen LogP contribution < -0.4 is 4.74 Å². The van der Waals surface area contributed by atoms with Crippen molar-refractivity contribution in [3.63, 3.8) is 0 Å². The minimum atomic E-state index is -0.745. The Morgan fingerprint density at radius 1 is 1.37 bits per heavy atom. The van der Waals surface area contributed by atoms with Crippen LogP contribution in [0.1, 0.15) is 24.8 Å². The summed E-state index contributed by atoms with van der Waals surface area (Å²) in [7, 11) is 1.60. The predicted octanol–water partition coefficient (Wildman–Crippen LogP) is 2.22. The van der Waals surface area contributed by atoms with Gasteiger partial charge >= 0.3 is 5.97 Å². The number of aliphatic carboxylic acids is 1. The van der Waals surface area contributed by atoms with E-state index in [1.807, 2.05) is 24.3 Å². The highest BCUT2D eigenvalue weighted by Crippen LogP contribution is 2.69. The van der Waals surface area contributed by atoms with Crippen LogP contribution in [0.3, 0.4) is 0 Å². The van der Waals surface area contributed by atoms with Gasteiger partial charge in [-0.1, -0.05) is 12.1 Å². The fourth-order valence-electron chi connectivity index (χ4n) is 3.55. The number of rotatable bonds is 3. The summed E-state index contributed by atoms with van der Waals surface area (Å²) in [6.07, 6.45) is 2.37. The molecule has 0 bridgehead atoms. The van der Waals surface area contributed by atoms with Crippen molar-refractivity contribution in [1.29, 1.82) is 0 Å². The maximum absolute atomic E-state index is 11.9. The number of benzene rings is 1. The van der Waals surface area contributed by atoms with E-state index in [-0.39, 0.29) is 5.41 Å². The molecule has 1 spiro atoms. The van der Waals surface area contributed by atoms with Gasteiger partial charge in [0.25, 0.3) is 0 Å². The van der Waals surface area contributed by atoms with Gasteiger partial charge in [0.05, 0.1) is 12.5 Å². The monoisotopic (exact) mass is 262 g/mol. The van der Waals surface area contributed by atoms with Crippen LogP contribution in [-0.2, 0) is 14.9 Å². The van der Waals surface area contributed by atoms with E-state index in [0.717, 1.165) is 18.4 Å². The topological polar surface area (TPSA) is 55.8 Å². The molecule has 2 aliphatic rings. The largest absolute Gasteiger partial charge is 0.497 e. The van der Waals surface area contributed by atoms with Gasteiger partial charge in [-0.15, -0.1) is 0 Å². The van der Waals surface area contributed by atoms with Crippen molar-refractivity contribution in [2.75, 3.05) is 20.3 Å². The van der Waals surface area contributed by atoms with E-state index in [1.165, 1.54) is 0 Å². The zero-order valence-electron chi connectivity index (χ0n) is 11.0. The third kappa shape index (κ3) is 1.66. The van der Waals surface area contributed by atoms with E-state index < -0.39 is 11.4 Å². The van der Waals surface area contributed by atoms with Gasteiger partial charge in [-0.2, -0.15) is 0 Å². The molecule has 3 rings (SSSR count). The third-order valence-electron chi connectivity index (χ3n) is 4.76. The zero-order chi connectivity index (χ0) is 13.5. The summed E-state index contributed by atoms with van der Waals surface area (Å²) in [6.45, 7) is 1.33. The van der Waals surface area contributed by atoms with Crippen LogP contribution in [0.4, 0.5) is 0 Å². The molecule has 0 aromatic heterocycles. The molecule has 0 radical (unpaired) electrons. The molecule has 4 heteroatoms. The molecule has 1 aromatic rings. The van der Waals surface area contributed by atoms with Crippen LogP contribution >= 0.6 is 0 Å². The lowest BCUT2D eigenvalue weighted by molar-refractivity contribution is -0.141. The lowest BCUT2D eigenvalue weighted by Crippen LogP contribution is -2.32. The van der Waals surface area contributed by atoms with Crippen molar-refractivity contribution in [2.45, 2.75) is 24.7 Å². The summed E-state index contributed by atoms with van der Waals surface area (Å²) < 4.78 is 10.6. The van der Waals surface area contributed by atoms with E-state index in [2.05, 4.69) is 0 Å². The number of carboxylic acids is 1. The molecule has 1 unspecified atom stereocenters. The van der Waals surface area contributed by atoms with E-state index >= 15 is 0 Å². The molecule has 102 valence electrons. The van der Waals surface area contributed by atoms with Crippen molar-refractivity contribution >= 4 is 5.97 Å². The lowest BCUT2D eigenvalue weighted by Gasteiger charge is -2.27. The maximum Gasteiger partial charge on any atom is 0.314 e. The van der Waals surface area contributed by atoms with Gasteiger partial charge in [0.2, 0.25) is 0 Å². The lowest BCUT2D eigenvalue weighted by atomic mass is 9.81. The van der Waals surface area contributed by atoms with Crippen molar-refractivity contribution in [1.82, 2.24) is 0 Å². The Morgan fingerprint density at radius 2 is 2.11 bits per heavy atom. The molecular weight excluding hydrogens is 244 g/mol. The molecule has 2 fully saturated rings. The second-order valence-corrected chi connectivity index (χ2v) is 5.51. The molecule has 1 N–H and O–H groups in total. The van der Waals surface area contributed by atoms with Gasteiger partial charge in [0, 0.05) is 13.2 Å². The first-order chi connectivity index (χ1) is 9.14. The minimum absolute atomic E-state index is 0.122. The van der Waals surface area contributed by atoms with Gasteiger partial charge in [0.15, 0.2) is 0 Å². The standard InChI is InChI=1S/C15H18O4/c1-18-12-4-2-3-11(9-12)15(13(16)17)10-14(15)5-7-19-8-6-14/h2-4,9H,5-8,10H2,1H3,(H,16,17).